The van der Waals surface area contributed by atoms with Crippen LogP contribution in [0.1, 0.15) is 24.5 Å². The standard InChI is InChI=1S/C14H15BrN2O/c15-11-6-5-10(13-9(11)3-1-8-17-13)14(18)12-4-2-7-16-12/h1,3,5-6,8,12,14,16,18H,2,4,7H2. The summed E-state index contributed by atoms with van der Waals surface area (Å²) in [6.45, 7) is 0.990. The molecule has 1 aliphatic heterocycles. The Morgan fingerprint density at radius 1 is 1.39 bits per heavy atom. The molecule has 1 aromatic carbocycles. The van der Waals surface area contributed by atoms with E-state index in [1.165, 1.54) is 0 Å². The van der Waals surface area contributed by atoms with Gasteiger partial charge in [0.1, 0.15) is 0 Å². The van der Waals surface area contributed by atoms with Crippen LogP contribution in [0.5, 0.6) is 0 Å². The molecule has 1 fully saturated rings. The molecule has 1 saturated heterocycles. The fraction of sp³-hybridized carbons (Fsp3) is 0.357. The van der Waals surface area contributed by atoms with E-state index in [-0.39, 0.29) is 6.04 Å². The van der Waals surface area contributed by atoms with Gasteiger partial charge in [-0.15, -0.1) is 0 Å². The predicted molar refractivity (Wildman–Crippen MR) is 75.4 cm³/mol. The van der Waals surface area contributed by atoms with Gasteiger partial charge in [0.25, 0.3) is 0 Å². The molecule has 2 unspecified atom stereocenters. The Hall–Kier alpha value is -0.970. The molecule has 0 amide bonds. The van der Waals surface area contributed by atoms with Gasteiger partial charge in [-0.2, -0.15) is 0 Å². The molecule has 0 saturated carbocycles. The second-order valence-corrected chi connectivity index (χ2v) is 5.54. The van der Waals surface area contributed by atoms with E-state index in [0.29, 0.717) is 0 Å². The fourth-order valence-corrected chi connectivity index (χ4v) is 3.05. The largest absolute Gasteiger partial charge is 0.387 e. The monoisotopic (exact) mass is 306 g/mol. The quantitative estimate of drug-likeness (QED) is 0.897. The second-order valence-electron chi connectivity index (χ2n) is 4.68. The van der Waals surface area contributed by atoms with Crippen molar-refractivity contribution in [2.45, 2.75) is 25.0 Å². The minimum absolute atomic E-state index is 0.149. The third-order valence-corrected chi connectivity index (χ3v) is 4.24. The van der Waals surface area contributed by atoms with Crippen LogP contribution < -0.4 is 5.32 Å². The molecule has 3 nitrogen and oxygen atoms in total. The van der Waals surface area contributed by atoms with Crippen molar-refractivity contribution >= 4 is 26.8 Å². The van der Waals surface area contributed by atoms with Gasteiger partial charge in [-0.1, -0.05) is 28.1 Å². The fourth-order valence-electron chi connectivity index (χ4n) is 2.60. The van der Waals surface area contributed by atoms with Gasteiger partial charge in [0, 0.05) is 27.7 Å². The number of hydrogen-bond acceptors (Lipinski definition) is 3. The maximum atomic E-state index is 10.5. The summed E-state index contributed by atoms with van der Waals surface area (Å²) in [7, 11) is 0. The molecule has 0 aliphatic carbocycles. The lowest BCUT2D eigenvalue weighted by atomic mass is 9.98. The topological polar surface area (TPSA) is 45.2 Å². The Balaban J connectivity index is 2.08. The molecule has 18 heavy (non-hydrogen) atoms. The van der Waals surface area contributed by atoms with Gasteiger partial charge < -0.3 is 10.4 Å². The SMILES string of the molecule is OC(c1ccc(Br)c2cccnc12)C1CCCN1. The molecule has 94 valence electrons. The van der Waals surface area contributed by atoms with Crippen molar-refractivity contribution in [3.8, 4) is 0 Å². The zero-order chi connectivity index (χ0) is 12.5. The third-order valence-electron chi connectivity index (χ3n) is 3.55. The summed E-state index contributed by atoms with van der Waals surface area (Å²) in [6.07, 6.45) is 3.43. The molecule has 2 aromatic rings. The zero-order valence-electron chi connectivity index (χ0n) is 9.94. The molecule has 0 spiro atoms. The highest BCUT2D eigenvalue weighted by Gasteiger charge is 2.25. The first-order chi connectivity index (χ1) is 8.77. The number of fused-ring (bicyclic) bond motifs is 1. The Morgan fingerprint density at radius 3 is 3.06 bits per heavy atom. The first-order valence-corrected chi connectivity index (χ1v) is 7.01. The van der Waals surface area contributed by atoms with Crippen LogP contribution in [-0.2, 0) is 0 Å². The molecule has 2 N–H and O–H groups in total. The first kappa shape index (κ1) is 12.1. The summed E-state index contributed by atoms with van der Waals surface area (Å²) in [6, 6.07) is 8.03. The van der Waals surface area contributed by atoms with Crippen LogP contribution in [0.25, 0.3) is 10.9 Å². The molecular weight excluding hydrogens is 292 g/mol. The normalized spacial score (nSPS) is 21.3. The number of aromatic nitrogens is 1. The van der Waals surface area contributed by atoms with Crippen LogP contribution in [0, 0.1) is 0 Å². The molecule has 4 heteroatoms. The average Bonchev–Trinajstić information content (AvgIpc) is 2.93. The van der Waals surface area contributed by atoms with E-state index in [1.807, 2.05) is 24.3 Å². The summed E-state index contributed by atoms with van der Waals surface area (Å²) in [5, 5.41) is 14.9. The van der Waals surface area contributed by atoms with Crippen molar-refractivity contribution in [1.82, 2.24) is 10.3 Å². The second kappa shape index (κ2) is 4.96. The predicted octanol–water partition coefficient (Wildman–Crippen LogP) is 2.78. The maximum absolute atomic E-state index is 10.5. The molecular formula is C14H15BrN2O. The molecule has 0 radical (unpaired) electrons. The summed E-state index contributed by atoms with van der Waals surface area (Å²) in [4.78, 5) is 4.42. The molecule has 1 aromatic heterocycles. The van der Waals surface area contributed by atoms with Gasteiger partial charge in [-0.05, 0) is 31.5 Å². The number of benzene rings is 1. The van der Waals surface area contributed by atoms with Crippen LogP contribution >= 0.6 is 15.9 Å². The number of nitrogens with zero attached hydrogens (tertiary/aromatic N) is 1. The number of halogens is 1. The molecule has 2 heterocycles. The van der Waals surface area contributed by atoms with E-state index in [4.69, 9.17) is 0 Å². The van der Waals surface area contributed by atoms with Crippen LogP contribution in [0.2, 0.25) is 0 Å². The minimum Gasteiger partial charge on any atom is -0.387 e. The van der Waals surface area contributed by atoms with E-state index in [0.717, 1.165) is 40.3 Å². The maximum Gasteiger partial charge on any atom is 0.0963 e. The Morgan fingerprint density at radius 2 is 2.28 bits per heavy atom. The summed E-state index contributed by atoms with van der Waals surface area (Å²) in [5.74, 6) is 0. The summed E-state index contributed by atoms with van der Waals surface area (Å²) in [5.41, 5.74) is 1.79. The third kappa shape index (κ3) is 2.05. The highest BCUT2D eigenvalue weighted by Crippen LogP contribution is 2.31. The van der Waals surface area contributed by atoms with Crippen LogP contribution in [-0.4, -0.2) is 22.7 Å². The lowest BCUT2D eigenvalue weighted by molar-refractivity contribution is 0.139. The number of pyridine rings is 1. The van der Waals surface area contributed by atoms with Gasteiger partial charge >= 0.3 is 0 Å². The average molecular weight is 307 g/mol. The number of nitrogens with one attached hydrogen (secondary N) is 1. The lowest BCUT2D eigenvalue weighted by Gasteiger charge is -2.20. The lowest BCUT2D eigenvalue weighted by Crippen LogP contribution is -2.28. The smallest absolute Gasteiger partial charge is 0.0963 e. The van der Waals surface area contributed by atoms with Crippen molar-refractivity contribution in [2.24, 2.45) is 0 Å². The minimum atomic E-state index is -0.488. The summed E-state index contributed by atoms with van der Waals surface area (Å²) < 4.78 is 1.01. The summed E-state index contributed by atoms with van der Waals surface area (Å²) >= 11 is 3.53. The van der Waals surface area contributed by atoms with E-state index < -0.39 is 6.10 Å². The molecule has 0 bridgehead atoms. The van der Waals surface area contributed by atoms with Crippen LogP contribution in [0.15, 0.2) is 34.9 Å². The number of aliphatic hydroxyl groups is 1. The number of aliphatic hydroxyl groups excluding tert-OH is 1. The van der Waals surface area contributed by atoms with Crippen LogP contribution in [0.4, 0.5) is 0 Å². The number of rotatable bonds is 2. The van der Waals surface area contributed by atoms with Crippen molar-refractivity contribution in [1.29, 1.82) is 0 Å². The van der Waals surface area contributed by atoms with Gasteiger partial charge in [-0.3, -0.25) is 4.98 Å². The van der Waals surface area contributed by atoms with E-state index in [1.54, 1.807) is 6.20 Å². The van der Waals surface area contributed by atoms with Crippen molar-refractivity contribution < 1.29 is 5.11 Å². The highest BCUT2D eigenvalue weighted by atomic mass is 79.9. The van der Waals surface area contributed by atoms with Crippen molar-refractivity contribution in [3.05, 3.63) is 40.5 Å². The molecule has 3 rings (SSSR count). The van der Waals surface area contributed by atoms with Gasteiger partial charge in [-0.25, -0.2) is 0 Å². The van der Waals surface area contributed by atoms with E-state index in [2.05, 4.69) is 26.2 Å². The first-order valence-electron chi connectivity index (χ1n) is 6.22. The molecule has 1 aliphatic rings. The molecule has 2 atom stereocenters. The number of hydrogen-bond donors (Lipinski definition) is 2. The van der Waals surface area contributed by atoms with Gasteiger partial charge in [0.15, 0.2) is 0 Å². The van der Waals surface area contributed by atoms with Gasteiger partial charge in [0.05, 0.1) is 11.6 Å². The van der Waals surface area contributed by atoms with Crippen LogP contribution in [0.3, 0.4) is 0 Å². The van der Waals surface area contributed by atoms with Gasteiger partial charge in [0.2, 0.25) is 0 Å². The zero-order valence-corrected chi connectivity index (χ0v) is 11.5. The van der Waals surface area contributed by atoms with Crippen molar-refractivity contribution in [2.75, 3.05) is 6.54 Å². The van der Waals surface area contributed by atoms with E-state index in [9.17, 15) is 5.11 Å². The Kier molecular flexibility index (Phi) is 3.33. The Bertz CT molecular complexity index is 567. The van der Waals surface area contributed by atoms with Crippen molar-refractivity contribution in [3.63, 3.8) is 0 Å². The Labute approximate surface area is 114 Å². The highest BCUT2D eigenvalue weighted by molar-refractivity contribution is 9.10. The van der Waals surface area contributed by atoms with E-state index >= 15 is 0 Å².